The van der Waals surface area contributed by atoms with Crippen LogP contribution in [0.25, 0.3) is 10.9 Å². The molecule has 0 spiro atoms. The maximum Gasteiger partial charge on any atom is 0.397 e. The molecule has 0 saturated carbocycles. The van der Waals surface area contributed by atoms with Gasteiger partial charge >= 0.3 is 11.9 Å². The van der Waals surface area contributed by atoms with Crippen LogP contribution < -0.4 is 10.6 Å². The number of hydrogen-bond donors (Lipinski definition) is 3. The summed E-state index contributed by atoms with van der Waals surface area (Å²) >= 11 is 0. The second-order valence-electron chi connectivity index (χ2n) is 6.09. The molecule has 3 N–H and O–H groups in total. The molecule has 7 heteroatoms. The lowest BCUT2D eigenvalue weighted by Crippen LogP contribution is -2.29. The van der Waals surface area contributed by atoms with Crippen molar-refractivity contribution in [2.45, 2.75) is 13.3 Å². The molecule has 28 heavy (non-hydrogen) atoms. The Bertz CT molecular complexity index is 1010. The molecule has 0 aliphatic heterocycles. The Morgan fingerprint density at radius 1 is 1.04 bits per heavy atom. The number of anilines is 1. The van der Waals surface area contributed by atoms with Gasteiger partial charge in [-0.3, -0.25) is 9.59 Å². The van der Waals surface area contributed by atoms with Gasteiger partial charge in [-0.1, -0.05) is 30.3 Å². The van der Waals surface area contributed by atoms with Crippen LogP contribution in [0.4, 0.5) is 5.69 Å². The minimum absolute atomic E-state index is 0.0994. The van der Waals surface area contributed by atoms with Gasteiger partial charge in [0.25, 0.3) is 5.91 Å². The maximum atomic E-state index is 12.5. The quantitative estimate of drug-likeness (QED) is 0.453. The molecular formula is C21H21N3O4. The third-order valence-electron chi connectivity index (χ3n) is 4.24. The highest BCUT2D eigenvalue weighted by Crippen LogP contribution is 2.18. The van der Waals surface area contributed by atoms with Crippen molar-refractivity contribution in [3.8, 4) is 0 Å². The van der Waals surface area contributed by atoms with Crippen LogP contribution in [0.1, 0.15) is 22.8 Å². The van der Waals surface area contributed by atoms with E-state index in [-0.39, 0.29) is 23.8 Å². The number of benzene rings is 2. The zero-order valence-electron chi connectivity index (χ0n) is 15.5. The van der Waals surface area contributed by atoms with Gasteiger partial charge in [0.1, 0.15) is 0 Å². The summed E-state index contributed by atoms with van der Waals surface area (Å²) in [5, 5.41) is 6.40. The van der Waals surface area contributed by atoms with E-state index in [9.17, 15) is 14.4 Å². The van der Waals surface area contributed by atoms with Crippen molar-refractivity contribution in [3.05, 3.63) is 65.9 Å². The van der Waals surface area contributed by atoms with Crippen LogP contribution >= 0.6 is 0 Å². The smallest absolute Gasteiger partial charge is 0.397 e. The Balaban J connectivity index is 1.63. The van der Waals surface area contributed by atoms with Crippen LogP contribution in [0.5, 0.6) is 0 Å². The van der Waals surface area contributed by atoms with Crippen molar-refractivity contribution in [3.63, 3.8) is 0 Å². The van der Waals surface area contributed by atoms with E-state index in [4.69, 9.17) is 0 Å². The zero-order chi connectivity index (χ0) is 19.9. The fraction of sp³-hybridized carbons (Fsp3) is 0.190. The van der Waals surface area contributed by atoms with E-state index >= 15 is 0 Å². The molecule has 7 nitrogen and oxygen atoms in total. The molecule has 144 valence electrons. The molecule has 0 aliphatic carbocycles. The fourth-order valence-electron chi connectivity index (χ4n) is 2.90. The molecule has 2 aromatic carbocycles. The van der Waals surface area contributed by atoms with Crippen LogP contribution in [0.2, 0.25) is 0 Å². The highest BCUT2D eigenvalue weighted by atomic mass is 16.5. The summed E-state index contributed by atoms with van der Waals surface area (Å²) in [5.74, 6) is -2.24. The van der Waals surface area contributed by atoms with Crippen molar-refractivity contribution in [1.82, 2.24) is 10.3 Å². The number of esters is 1. The number of hydrogen-bond acceptors (Lipinski definition) is 4. The Hall–Kier alpha value is -3.61. The third-order valence-corrected chi connectivity index (χ3v) is 4.24. The van der Waals surface area contributed by atoms with Crippen LogP contribution in [0.15, 0.2) is 54.7 Å². The molecule has 1 aromatic heterocycles. The molecule has 2 amide bonds. The number of rotatable bonds is 6. The highest BCUT2D eigenvalue weighted by molar-refractivity contribution is 6.37. The second kappa shape index (κ2) is 8.85. The molecule has 0 fully saturated rings. The Morgan fingerprint density at radius 3 is 2.61 bits per heavy atom. The van der Waals surface area contributed by atoms with Crippen molar-refractivity contribution in [2.24, 2.45) is 0 Å². The van der Waals surface area contributed by atoms with E-state index in [1.165, 1.54) is 0 Å². The average Bonchev–Trinajstić information content (AvgIpc) is 3.11. The van der Waals surface area contributed by atoms with E-state index in [0.717, 1.165) is 16.5 Å². The molecule has 0 radical (unpaired) electrons. The number of carbonyl (C=O) groups is 3. The van der Waals surface area contributed by atoms with E-state index in [1.807, 2.05) is 30.5 Å². The summed E-state index contributed by atoms with van der Waals surface area (Å²) in [6.07, 6.45) is 2.59. The van der Waals surface area contributed by atoms with Gasteiger partial charge in [-0.25, -0.2) is 4.79 Å². The first-order valence-electron chi connectivity index (χ1n) is 9.00. The lowest BCUT2D eigenvalue weighted by molar-refractivity contribution is -0.152. The monoisotopic (exact) mass is 379 g/mol. The van der Waals surface area contributed by atoms with Gasteiger partial charge in [0.15, 0.2) is 0 Å². The number of nitrogens with one attached hydrogen (secondary N) is 3. The third kappa shape index (κ3) is 4.37. The number of amides is 2. The first-order chi connectivity index (χ1) is 13.6. The molecular weight excluding hydrogens is 358 g/mol. The van der Waals surface area contributed by atoms with Crippen molar-refractivity contribution in [2.75, 3.05) is 18.5 Å². The van der Waals surface area contributed by atoms with Gasteiger partial charge in [0.2, 0.25) is 0 Å². The average molecular weight is 379 g/mol. The predicted octanol–water partition coefficient (Wildman–Crippen LogP) is 2.64. The van der Waals surface area contributed by atoms with E-state index in [1.54, 1.807) is 31.2 Å². The summed E-state index contributed by atoms with van der Waals surface area (Å²) in [6, 6.07) is 14.5. The van der Waals surface area contributed by atoms with Gasteiger partial charge in [-0.05, 0) is 37.1 Å². The standard InChI is InChI=1S/C21H21N3O4/c1-2-28-21(27)20(26)24-18-10-6-4-8-16(18)19(25)22-12-11-14-13-23-17-9-5-3-7-15(14)17/h3-10,13,23H,2,11-12H2,1H3,(H,22,25)(H,24,26). The van der Waals surface area contributed by atoms with Gasteiger partial charge in [0.05, 0.1) is 17.9 Å². The number of fused-ring (bicyclic) bond motifs is 1. The molecule has 0 bridgehead atoms. The SMILES string of the molecule is CCOC(=O)C(=O)Nc1ccccc1C(=O)NCCc1c[nH]c2ccccc12. The number of aromatic amines is 1. The number of H-pyrrole nitrogens is 1. The van der Waals surface area contributed by atoms with Crippen molar-refractivity contribution in [1.29, 1.82) is 0 Å². The molecule has 0 atom stereocenters. The Morgan fingerprint density at radius 2 is 1.79 bits per heavy atom. The normalized spacial score (nSPS) is 10.5. The largest absolute Gasteiger partial charge is 0.459 e. The highest BCUT2D eigenvalue weighted by Gasteiger charge is 2.18. The first-order valence-corrected chi connectivity index (χ1v) is 9.00. The van der Waals surface area contributed by atoms with Crippen LogP contribution in [0.3, 0.4) is 0 Å². The number of carbonyl (C=O) groups excluding carboxylic acids is 3. The van der Waals surface area contributed by atoms with Crippen LogP contribution in [-0.4, -0.2) is 35.9 Å². The molecule has 1 heterocycles. The van der Waals surface area contributed by atoms with Crippen LogP contribution in [-0.2, 0) is 20.7 Å². The molecule has 3 rings (SSSR count). The van der Waals surface area contributed by atoms with Gasteiger partial charge < -0.3 is 20.4 Å². The summed E-state index contributed by atoms with van der Waals surface area (Å²) in [7, 11) is 0. The Kier molecular flexibility index (Phi) is 6.06. The lowest BCUT2D eigenvalue weighted by Gasteiger charge is -2.11. The van der Waals surface area contributed by atoms with Gasteiger partial charge in [0, 0.05) is 23.6 Å². The summed E-state index contributed by atoms with van der Waals surface area (Å²) in [6.45, 7) is 2.14. The van der Waals surface area contributed by atoms with Crippen molar-refractivity contribution >= 4 is 34.4 Å². The molecule has 0 aliphatic rings. The summed E-state index contributed by atoms with van der Waals surface area (Å²) in [4.78, 5) is 39.1. The van der Waals surface area contributed by atoms with Gasteiger partial charge in [-0.15, -0.1) is 0 Å². The van der Waals surface area contributed by atoms with E-state index in [0.29, 0.717) is 13.0 Å². The topological polar surface area (TPSA) is 100 Å². The molecule has 3 aromatic rings. The molecule has 0 unspecified atom stereocenters. The predicted molar refractivity (Wildman–Crippen MR) is 106 cm³/mol. The minimum Gasteiger partial charge on any atom is -0.459 e. The number of aromatic nitrogens is 1. The number of para-hydroxylation sites is 2. The minimum atomic E-state index is -0.989. The molecule has 0 saturated heterocycles. The second-order valence-corrected chi connectivity index (χ2v) is 6.09. The number of ether oxygens (including phenoxy) is 1. The first kappa shape index (κ1) is 19.2. The maximum absolute atomic E-state index is 12.5. The summed E-state index contributed by atoms with van der Waals surface area (Å²) in [5.41, 5.74) is 2.69. The van der Waals surface area contributed by atoms with Crippen LogP contribution in [0, 0.1) is 0 Å². The lowest BCUT2D eigenvalue weighted by atomic mass is 10.1. The van der Waals surface area contributed by atoms with E-state index in [2.05, 4.69) is 20.4 Å². The van der Waals surface area contributed by atoms with E-state index < -0.39 is 11.9 Å². The zero-order valence-corrected chi connectivity index (χ0v) is 15.5. The summed E-state index contributed by atoms with van der Waals surface area (Å²) < 4.78 is 4.66. The van der Waals surface area contributed by atoms with Gasteiger partial charge in [-0.2, -0.15) is 0 Å². The fourth-order valence-corrected chi connectivity index (χ4v) is 2.90. The Labute approximate surface area is 162 Å². The van der Waals surface area contributed by atoms with Crippen molar-refractivity contribution < 1.29 is 19.1 Å².